The zero-order chi connectivity index (χ0) is 38.6. The Morgan fingerprint density at radius 3 is 1.87 bits per heavy atom. The van der Waals surface area contributed by atoms with E-state index < -0.39 is 29.8 Å². The van der Waals surface area contributed by atoms with E-state index in [1.165, 1.54) is 21.6 Å². The van der Waals surface area contributed by atoms with Crippen LogP contribution in [-0.4, -0.2) is 45.4 Å². The van der Waals surface area contributed by atoms with Gasteiger partial charge in [-0.15, -0.1) is 0 Å². The highest BCUT2D eigenvalue weighted by Crippen LogP contribution is 2.48. The van der Waals surface area contributed by atoms with Crippen LogP contribution in [0, 0.1) is 4.78 Å². The van der Waals surface area contributed by atoms with E-state index in [2.05, 4.69) is 50.3 Å². The quantitative estimate of drug-likeness (QED) is 0.115. The van der Waals surface area contributed by atoms with Gasteiger partial charge in [0.05, 0.1) is 18.8 Å². The molecule has 4 aromatic carbocycles. The molecule has 8 rings (SSSR count). The van der Waals surface area contributed by atoms with Gasteiger partial charge in [-0.05, 0) is 95.6 Å². The SMILES string of the molecule is CC(C)(C)[Si](C)(C)O[C@@H]1COc2c([S@](=N)(=O)N(C(=O)Nc3c4c(cc5c3CCC5)CCC4)C(c3ccccc3)(c3ccccc3)c3ccccc3)cnn2C1. The Bertz CT molecular complexity index is 2190. The van der Waals surface area contributed by atoms with Gasteiger partial charge in [-0.2, -0.15) is 5.10 Å². The second-order valence-electron chi connectivity index (χ2n) is 16.6. The van der Waals surface area contributed by atoms with Crippen LogP contribution in [0.5, 0.6) is 5.88 Å². The molecule has 9 nitrogen and oxygen atoms in total. The van der Waals surface area contributed by atoms with Crippen molar-refractivity contribution in [1.82, 2.24) is 14.1 Å². The van der Waals surface area contributed by atoms with Gasteiger partial charge in [0.15, 0.2) is 18.2 Å². The Balaban J connectivity index is 1.33. The summed E-state index contributed by atoms with van der Waals surface area (Å²) in [5.41, 5.74) is 6.19. The van der Waals surface area contributed by atoms with E-state index in [9.17, 15) is 4.78 Å². The van der Waals surface area contributed by atoms with Crippen LogP contribution in [0.15, 0.2) is 108 Å². The Morgan fingerprint density at radius 1 is 0.873 bits per heavy atom. The number of nitrogens with zero attached hydrogens (tertiary/aromatic N) is 3. The third kappa shape index (κ3) is 6.39. The number of amides is 2. The van der Waals surface area contributed by atoms with Crippen LogP contribution in [0.4, 0.5) is 10.5 Å². The molecule has 0 saturated heterocycles. The predicted octanol–water partition coefficient (Wildman–Crippen LogP) is 9.49. The van der Waals surface area contributed by atoms with Crippen molar-refractivity contribution in [2.45, 2.75) is 101 Å². The fourth-order valence-electron chi connectivity index (χ4n) is 8.48. The minimum Gasteiger partial charge on any atom is -0.474 e. The summed E-state index contributed by atoms with van der Waals surface area (Å²) in [6, 6.07) is 30.7. The maximum atomic E-state index is 16.1. The molecule has 286 valence electrons. The van der Waals surface area contributed by atoms with Crippen LogP contribution in [-0.2, 0) is 52.1 Å². The van der Waals surface area contributed by atoms with Crippen molar-refractivity contribution in [3.63, 3.8) is 0 Å². The summed E-state index contributed by atoms with van der Waals surface area (Å²) in [5, 5.41) is 8.01. The van der Waals surface area contributed by atoms with Crippen LogP contribution in [0.3, 0.4) is 0 Å². The molecular weight excluding hydrogens is 723 g/mol. The third-order valence-electron chi connectivity index (χ3n) is 12.1. The van der Waals surface area contributed by atoms with Crippen molar-refractivity contribution in [2.75, 3.05) is 11.9 Å². The number of anilines is 1. The number of aromatic nitrogens is 2. The van der Waals surface area contributed by atoms with E-state index in [0.717, 1.165) is 55.3 Å². The lowest BCUT2D eigenvalue weighted by Gasteiger charge is -2.45. The number of fused-ring (bicyclic) bond motifs is 3. The van der Waals surface area contributed by atoms with Gasteiger partial charge >= 0.3 is 6.03 Å². The molecule has 0 fully saturated rings. The smallest absolute Gasteiger partial charge is 0.336 e. The summed E-state index contributed by atoms with van der Waals surface area (Å²) in [5.74, 6) is 0.220. The Hall–Kier alpha value is -4.71. The largest absolute Gasteiger partial charge is 0.474 e. The molecule has 0 spiro atoms. The average molecular weight is 774 g/mol. The number of hydrogen-bond acceptors (Lipinski definition) is 6. The number of urea groups is 1. The lowest BCUT2D eigenvalue weighted by Crippen LogP contribution is -2.55. The number of aryl methyl sites for hydroxylation is 2. The number of ether oxygens (including phenoxy) is 1. The van der Waals surface area contributed by atoms with Gasteiger partial charge in [0.25, 0.3) is 0 Å². The van der Waals surface area contributed by atoms with Crippen molar-refractivity contribution in [3.8, 4) is 5.88 Å². The molecule has 3 aliphatic rings. The molecule has 0 saturated carbocycles. The number of nitrogens with one attached hydrogen (secondary N) is 2. The molecule has 1 aromatic heterocycles. The standard InChI is InChI=1S/C44H51N5O4SSi/c1-43(2,3)55(4,5)53-36-29-48-41(52-30-36)39(28-46-48)54(45,51)49(42(50)47-40-37-25-15-17-31(37)27-32-18-16-26-38(32)40)44(33-19-9-6-10-20-33,34-21-11-7-12-22-34)35-23-13-8-14-24-35/h6-14,19-24,27-28,36,45H,15-18,25-26,29-30H2,1-5H3,(H,47,50)/t36-,54+/m0/s1. The second kappa shape index (κ2) is 14.1. The van der Waals surface area contributed by atoms with Gasteiger partial charge in [0.2, 0.25) is 5.88 Å². The fraction of sp³-hybridized carbons (Fsp3) is 0.364. The number of carbonyl (C=O) groups is 1. The molecular formula is C44H51N5O4SSi. The van der Waals surface area contributed by atoms with Crippen molar-refractivity contribution >= 4 is 30.0 Å². The molecule has 0 radical (unpaired) electrons. The van der Waals surface area contributed by atoms with Crippen molar-refractivity contribution in [1.29, 1.82) is 4.78 Å². The number of hydrogen-bond donors (Lipinski definition) is 2. The summed E-state index contributed by atoms with van der Waals surface area (Å²) in [6.45, 7) is 11.6. The topological polar surface area (TPSA) is 110 Å². The van der Waals surface area contributed by atoms with Gasteiger partial charge < -0.3 is 14.5 Å². The summed E-state index contributed by atoms with van der Waals surface area (Å²) < 4.78 is 42.3. The van der Waals surface area contributed by atoms with Crippen LogP contribution in [0.25, 0.3) is 0 Å². The molecule has 2 heterocycles. The first kappa shape index (κ1) is 37.2. The van der Waals surface area contributed by atoms with Crippen LogP contribution >= 0.6 is 0 Å². The highest BCUT2D eigenvalue weighted by Gasteiger charge is 2.52. The lowest BCUT2D eigenvalue weighted by atomic mass is 9.77. The van der Waals surface area contributed by atoms with E-state index in [1.54, 1.807) is 4.68 Å². The number of rotatable bonds is 9. The molecule has 2 aliphatic carbocycles. The van der Waals surface area contributed by atoms with Crippen LogP contribution < -0.4 is 10.1 Å². The van der Waals surface area contributed by atoms with Gasteiger partial charge in [0, 0.05) is 5.69 Å². The summed E-state index contributed by atoms with van der Waals surface area (Å²) in [6.07, 6.45) is 6.87. The zero-order valence-corrected chi connectivity index (χ0v) is 34.2. The van der Waals surface area contributed by atoms with Gasteiger partial charge in [-0.3, -0.25) is 0 Å². The van der Waals surface area contributed by atoms with E-state index in [1.807, 2.05) is 91.0 Å². The Kier molecular flexibility index (Phi) is 9.54. The van der Waals surface area contributed by atoms with E-state index in [4.69, 9.17) is 9.16 Å². The monoisotopic (exact) mass is 773 g/mol. The molecule has 2 N–H and O–H groups in total. The number of benzene rings is 4. The first-order valence-corrected chi connectivity index (χ1v) is 23.8. The average Bonchev–Trinajstić information content (AvgIpc) is 3.94. The molecule has 1 aliphatic heterocycles. The predicted molar refractivity (Wildman–Crippen MR) is 219 cm³/mol. The van der Waals surface area contributed by atoms with Crippen molar-refractivity contribution in [3.05, 3.63) is 142 Å². The van der Waals surface area contributed by atoms with Crippen LogP contribution in [0.2, 0.25) is 18.1 Å². The lowest BCUT2D eigenvalue weighted by molar-refractivity contribution is 0.0615. The van der Waals surface area contributed by atoms with Gasteiger partial charge in [0.1, 0.15) is 17.0 Å². The third-order valence-corrected chi connectivity index (χ3v) is 18.5. The first-order valence-electron chi connectivity index (χ1n) is 19.4. The van der Waals surface area contributed by atoms with Crippen molar-refractivity contribution < 1.29 is 18.2 Å². The maximum Gasteiger partial charge on any atom is 0.336 e. The highest BCUT2D eigenvalue weighted by atomic mass is 32.2. The fourth-order valence-corrected chi connectivity index (χ4v) is 11.6. The van der Waals surface area contributed by atoms with Crippen molar-refractivity contribution in [2.24, 2.45) is 0 Å². The summed E-state index contributed by atoms with van der Waals surface area (Å²) in [4.78, 5) is 15.8. The van der Waals surface area contributed by atoms with E-state index in [0.29, 0.717) is 23.2 Å². The molecule has 2 atom stereocenters. The molecule has 2 amide bonds. The molecule has 55 heavy (non-hydrogen) atoms. The minimum absolute atomic E-state index is 0.000548. The van der Waals surface area contributed by atoms with Gasteiger partial charge in [-0.1, -0.05) is 118 Å². The summed E-state index contributed by atoms with van der Waals surface area (Å²) in [7, 11) is -6.39. The highest BCUT2D eigenvalue weighted by molar-refractivity contribution is 7.90. The van der Waals surface area contributed by atoms with Gasteiger partial charge in [-0.25, -0.2) is 22.8 Å². The Labute approximate surface area is 326 Å². The molecule has 0 unspecified atom stereocenters. The van der Waals surface area contributed by atoms with E-state index in [-0.39, 0.29) is 28.5 Å². The second-order valence-corrected chi connectivity index (χ2v) is 23.2. The Morgan fingerprint density at radius 2 is 1.38 bits per heavy atom. The van der Waals surface area contributed by atoms with Crippen LogP contribution in [0.1, 0.15) is 72.6 Å². The molecule has 5 aromatic rings. The van der Waals surface area contributed by atoms with E-state index >= 15 is 9.00 Å². The molecule has 0 bridgehead atoms. The summed E-state index contributed by atoms with van der Waals surface area (Å²) >= 11 is 0. The number of carbonyl (C=O) groups excluding carboxylic acids is 1. The maximum absolute atomic E-state index is 16.1. The first-order chi connectivity index (χ1) is 26.3. The zero-order valence-electron chi connectivity index (χ0n) is 32.4. The molecule has 11 heteroatoms. The minimum atomic E-state index is -4.24. The normalized spacial score (nSPS) is 17.7.